The average Bonchev–Trinajstić information content (AvgIpc) is 2.83. The molecule has 3 aromatic rings. The van der Waals surface area contributed by atoms with Crippen molar-refractivity contribution in [2.45, 2.75) is 6.42 Å². The number of hydrogen-bond acceptors (Lipinski definition) is 9. The highest BCUT2D eigenvalue weighted by Gasteiger charge is 2.11. The lowest BCUT2D eigenvalue weighted by Crippen LogP contribution is -2.33. The van der Waals surface area contributed by atoms with Crippen LogP contribution in [0.1, 0.15) is 16.8 Å². The molecule has 0 spiro atoms. The molecule has 0 aliphatic heterocycles. The van der Waals surface area contributed by atoms with E-state index in [9.17, 15) is 14.4 Å². The molecule has 0 aliphatic rings. The molecule has 0 aliphatic carbocycles. The van der Waals surface area contributed by atoms with Gasteiger partial charge in [0.05, 0.1) is 13.0 Å². The summed E-state index contributed by atoms with van der Waals surface area (Å²) in [7, 11) is 0. The third-order valence-electron chi connectivity index (χ3n) is 4.32. The molecule has 0 saturated heterocycles. The number of hydrogen-bond donors (Lipinski definition) is 4. The summed E-state index contributed by atoms with van der Waals surface area (Å²) in [5, 5.41) is 13.2. The zero-order valence-electron chi connectivity index (χ0n) is 18.1. The lowest BCUT2D eigenvalue weighted by molar-refractivity contribution is -0.134. The summed E-state index contributed by atoms with van der Waals surface area (Å²) in [5.74, 6) is -0.880. The molecule has 1 aromatic heterocycles. The van der Waals surface area contributed by atoms with E-state index < -0.39 is 11.9 Å². The first-order chi connectivity index (χ1) is 16.5. The fourth-order valence-corrected chi connectivity index (χ4v) is 2.69. The topological polar surface area (TPSA) is 174 Å². The second-order valence-corrected chi connectivity index (χ2v) is 6.88. The Morgan fingerprint density at radius 2 is 1.62 bits per heavy atom. The van der Waals surface area contributed by atoms with Gasteiger partial charge in [0.2, 0.25) is 5.91 Å². The zero-order valence-corrected chi connectivity index (χ0v) is 18.1. The van der Waals surface area contributed by atoms with E-state index in [-0.39, 0.29) is 48.5 Å². The predicted octanol–water partition coefficient (Wildman–Crippen LogP) is 2.70. The summed E-state index contributed by atoms with van der Waals surface area (Å²) in [6.45, 7) is -0.0660. The number of carbonyl (C=O) groups is 3. The van der Waals surface area contributed by atoms with Crippen LogP contribution in [0.15, 0.2) is 77.0 Å². The van der Waals surface area contributed by atoms with Crippen LogP contribution in [0.4, 0.5) is 23.0 Å². The Kier molecular flexibility index (Phi) is 8.36. The van der Waals surface area contributed by atoms with Crippen molar-refractivity contribution in [3.63, 3.8) is 0 Å². The molecule has 34 heavy (non-hydrogen) atoms. The maximum atomic E-state index is 12.1. The minimum absolute atomic E-state index is 0.0208. The molecule has 0 atom stereocenters. The van der Waals surface area contributed by atoms with Crippen LogP contribution in [-0.4, -0.2) is 35.9 Å². The first-order valence-electron chi connectivity index (χ1n) is 10.3. The van der Waals surface area contributed by atoms with Gasteiger partial charge in [0, 0.05) is 12.1 Å². The van der Waals surface area contributed by atoms with E-state index in [2.05, 4.69) is 25.8 Å². The van der Waals surface area contributed by atoms with Crippen molar-refractivity contribution in [3.8, 4) is 5.75 Å². The van der Waals surface area contributed by atoms with Crippen molar-refractivity contribution in [1.29, 1.82) is 0 Å². The number of para-hydroxylation sites is 1. The number of carbonyl (C=O) groups excluding carboxylic acids is 3. The van der Waals surface area contributed by atoms with E-state index in [4.69, 9.17) is 16.2 Å². The van der Waals surface area contributed by atoms with Gasteiger partial charge in [0.1, 0.15) is 17.2 Å². The minimum Gasteiger partial charge on any atom is -0.424 e. The molecular weight excluding hydrogens is 438 g/mol. The standard InChI is InChI=1S/C23H23N7O4/c24-13-12-21(32)34-18-9-5-4-8-16(18)29-30-17-10-11-19(28-22(17)25)27-20(31)14-26-23(33)15-6-2-1-3-7-15/h1-11H,12-14,24H2,(H,26,33)(H3,25,27,28,31). The number of amides is 2. The highest BCUT2D eigenvalue weighted by Crippen LogP contribution is 2.30. The Balaban J connectivity index is 1.60. The minimum atomic E-state index is -0.480. The van der Waals surface area contributed by atoms with Crippen LogP contribution in [0.2, 0.25) is 0 Å². The second kappa shape index (κ2) is 11.8. The number of pyridine rings is 1. The number of azo groups is 1. The molecule has 11 heteroatoms. The zero-order chi connectivity index (χ0) is 24.3. The fourth-order valence-electron chi connectivity index (χ4n) is 2.69. The molecule has 0 radical (unpaired) electrons. The fraction of sp³-hybridized carbons (Fsp3) is 0.130. The lowest BCUT2D eigenvalue weighted by Gasteiger charge is -2.08. The van der Waals surface area contributed by atoms with Gasteiger partial charge in [-0.15, -0.1) is 10.2 Å². The van der Waals surface area contributed by atoms with Crippen molar-refractivity contribution in [3.05, 3.63) is 72.3 Å². The van der Waals surface area contributed by atoms with E-state index >= 15 is 0 Å². The quantitative estimate of drug-likeness (QED) is 0.215. The highest BCUT2D eigenvalue weighted by molar-refractivity contribution is 5.99. The summed E-state index contributed by atoms with van der Waals surface area (Å²) in [4.78, 5) is 39.9. The van der Waals surface area contributed by atoms with Gasteiger partial charge >= 0.3 is 5.97 Å². The Morgan fingerprint density at radius 1 is 0.912 bits per heavy atom. The van der Waals surface area contributed by atoms with E-state index in [1.165, 1.54) is 12.1 Å². The van der Waals surface area contributed by atoms with Crippen LogP contribution in [-0.2, 0) is 9.59 Å². The van der Waals surface area contributed by atoms with Crippen molar-refractivity contribution in [2.75, 3.05) is 24.1 Å². The number of aromatic nitrogens is 1. The number of nitrogen functional groups attached to an aromatic ring is 1. The molecule has 6 N–H and O–H groups in total. The molecule has 3 rings (SSSR count). The third kappa shape index (κ3) is 6.93. The Bertz CT molecular complexity index is 1200. The molecule has 174 valence electrons. The molecule has 2 amide bonds. The summed E-state index contributed by atoms with van der Waals surface area (Å²) >= 11 is 0. The normalized spacial score (nSPS) is 10.6. The first-order valence-corrected chi connectivity index (χ1v) is 10.3. The van der Waals surface area contributed by atoms with Gasteiger partial charge in [-0.05, 0) is 36.4 Å². The maximum absolute atomic E-state index is 12.1. The highest BCUT2D eigenvalue weighted by atomic mass is 16.5. The average molecular weight is 461 g/mol. The van der Waals surface area contributed by atoms with Gasteiger partial charge in [-0.25, -0.2) is 4.98 Å². The van der Waals surface area contributed by atoms with E-state index in [0.29, 0.717) is 11.3 Å². The molecule has 2 aromatic carbocycles. The predicted molar refractivity (Wildman–Crippen MR) is 126 cm³/mol. The SMILES string of the molecule is NCCC(=O)Oc1ccccc1N=Nc1ccc(NC(=O)CNC(=O)c2ccccc2)nc1N. The number of nitrogens with zero attached hydrogens (tertiary/aromatic N) is 3. The molecule has 0 fully saturated rings. The van der Waals surface area contributed by atoms with E-state index in [0.717, 1.165) is 0 Å². The van der Waals surface area contributed by atoms with Crippen molar-refractivity contribution in [1.82, 2.24) is 10.3 Å². The van der Waals surface area contributed by atoms with Crippen molar-refractivity contribution in [2.24, 2.45) is 16.0 Å². The van der Waals surface area contributed by atoms with Crippen LogP contribution in [0.25, 0.3) is 0 Å². The monoisotopic (exact) mass is 461 g/mol. The number of nitrogens with two attached hydrogens (primary N) is 2. The van der Waals surface area contributed by atoms with E-state index in [1.54, 1.807) is 54.6 Å². The Hall–Kier alpha value is -4.64. The summed E-state index contributed by atoms with van der Waals surface area (Å²) in [6.07, 6.45) is 0.0749. The Morgan fingerprint density at radius 3 is 2.35 bits per heavy atom. The number of anilines is 2. The molecule has 0 unspecified atom stereocenters. The summed E-state index contributed by atoms with van der Waals surface area (Å²) in [5.41, 5.74) is 12.3. The summed E-state index contributed by atoms with van der Waals surface area (Å²) < 4.78 is 5.24. The van der Waals surface area contributed by atoms with Crippen molar-refractivity contribution < 1.29 is 19.1 Å². The van der Waals surface area contributed by atoms with Crippen molar-refractivity contribution >= 4 is 40.8 Å². The number of ether oxygens (including phenoxy) is 1. The lowest BCUT2D eigenvalue weighted by atomic mass is 10.2. The van der Waals surface area contributed by atoms with Crippen LogP contribution >= 0.6 is 0 Å². The van der Waals surface area contributed by atoms with E-state index in [1.807, 2.05) is 0 Å². The first kappa shape index (κ1) is 24.0. The van der Waals surface area contributed by atoms with Crippen LogP contribution in [0, 0.1) is 0 Å². The smallest absolute Gasteiger partial charge is 0.312 e. The van der Waals surface area contributed by atoms with Crippen LogP contribution in [0.3, 0.4) is 0 Å². The summed E-state index contributed by atoms with van der Waals surface area (Å²) in [6, 6.07) is 18.2. The number of nitrogens with one attached hydrogen (secondary N) is 2. The largest absolute Gasteiger partial charge is 0.424 e. The van der Waals surface area contributed by atoms with Crippen LogP contribution in [0.5, 0.6) is 5.75 Å². The maximum Gasteiger partial charge on any atom is 0.312 e. The van der Waals surface area contributed by atoms with Gasteiger partial charge in [0.15, 0.2) is 11.6 Å². The molecular formula is C23H23N7O4. The molecule has 0 bridgehead atoms. The number of esters is 1. The second-order valence-electron chi connectivity index (χ2n) is 6.88. The Labute approximate surface area is 195 Å². The molecule has 1 heterocycles. The van der Waals surface area contributed by atoms with Gasteiger partial charge < -0.3 is 26.8 Å². The van der Waals surface area contributed by atoms with Gasteiger partial charge in [-0.1, -0.05) is 30.3 Å². The molecule has 11 nitrogen and oxygen atoms in total. The number of rotatable bonds is 9. The van der Waals surface area contributed by atoms with Gasteiger partial charge in [-0.2, -0.15) is 0 Å². The molecule has 0 saturated carbocycles. The number of benzene rings is 2. The van der Waals surface area contributed by atoms with Gasteiger partial charge in [0.25, 0.3) is 5.91 Å². The van der Waals surface area contributed by atoms with Crippen LogP contribution < -0.4 is 26.8 Å². The third-order valence-corrected chi connectivity index (χ3v) is 4.32. The van der Waals surface area contributed by atoms with Gasteiger partial charge in [-0.3, -0.25) is 14.4 Å².